The largest absolute Gasteiger partial charge is 0.573 e. The lowest BCUT2D eigenvalue weighted by molar-refractivity contribution is -0.274. The van der Waals surface area contributed by atoms with Gasteiger partial charge in [-0.2, -0.15) is 0 Å². The first-order valence-corrected chi connectivity index (χ1v) is 12.9. The number of carbonyl (C=O) groups is 2. The molecule has 2 aliphatic rings. The highest BCUT2D eigenvalue weighted by atomic mass is 19.4. The van der Waals surface area contributed by atoms with E-state index in [-0.39, 0.29) is 23.5 Å². The Kier molecular flexibility index (Phi) is 8.11. The third kappa shape index (κ3) is 6.44. The van der Waals surface area contributed by atoms with Gasteiger partial charge in [0.05, 0.1) is 5.92 Å². The van der Waals surface area contributed by atoms with E-state index >= 15 is 0 Å². The van der Waals surface area contributed by atoms with Crippen LogP contribution in [0.25, 0.3) is 0 Å². The van der Waals surface area contributed by atoms with Crippen LogP contribution in [0.5, 0.6) is 5.75 Å². The van der Waals surface area contributed by atoms with E-state index in [1.54, 1.807) is 12.1 Å². The minimum Gasteiger partial charge on any atom is -0.406 e. The number of ether oxygens (including phenoxy) is 1. The van der Waals surface area contributed by atoms with Gasteiger partial charge >= 0.3 is 6.36 Å². The summed E-state index contributed by atoms with van der Waals surface area (Å²) in [5.74, 6) is -0.307. The van der Waals surface area contributed by atoms with Gasteiger partial charge < -0.3 is 14.5 Å². The topological polar surface area (TPSA) is 53.1 Å². The maximum Gasteiger partial charge on any atom is 0.573 e. The molecule has 2 amide bonds. The number of aryl methyl sites for hydroxylation is 1. The van der Waals surface area contributed by atoms with Crippen LogP contribution in [-0.2, 0) is 24.4 Å². The van der Waals surface area contributed by atoms with Crippen molar-refractivity contribution in [2.24, 2.45) is 5.92 Å². The predicted octanol–water partition coefficient (Wildman–Crippen LogP) is 5.13. The van der Waals surface area contributed by atoms with Gasteiger partial charge in [-0.05, 0) is 80.1 Å². The standard InChI is InChI=1S/C28H34F3N3O3/c1-4-33(5-2)26(35)21-7-6-12-34(17-21)27(36)22-13-19(3)25-18-32(16-23(25)14-22)15-20-8-10-24(11-9-20)37-28(29,30)31/h8-11,13-14,21H,4-7,12,15-18H2,1-3H3. The van der Waals surface area contributed by atoms with E-state index in [0.29, 0.717) is 51.4 Å². The Hall–Kier alpha value is -3.07. The number of piperidine rings is 1. The molecule has 0 radical (unpaired) electrons. The first-order chi connectivity index (χ1) is 17.6. The van der Waals surface area contributed by atoms with Crippen LogP contribution in [0.4, 0.5) is 13.2 Å². The maximum atomic E-state index is 13.4. The number of hydrogen-bond donors (Lipinski definition) is 0. The molecule has 0 aliphatic carbocycles. The van der Waals surface area contributed by atoms with Crippen molar-refractivity contribution in [1.29, 1.82) is 0 Å². The minimum atomic E-state index is -4.71. The summed E-state index contributed by atoms with van der Waals surface area (Å²) >= 11 is 0. The number of rotatable bonds is 7. The molecule has 1 atom stereocenters. The van der Waals surface area contributed by atoms with Gasteiger partial charge in [-0.15, -0.1) is 13.2 Å². The summed E-state index contributed by atoms with van der Waals surface area (Å²) in [5.41, 5.74) is 4.84. The van der Waals surface area contributed by atoms with Gasteiger partial charge in [0.2, 0.25) is 5.91 Å². The quantitative estimate of drug-likeness (QED) is 0.511. The Morgan fingerprint density at radius 2 is 1.78 bits per heavy atom. The Balaban J connectivity index is 1.41. The van der Waals surface area contributed by atoms with Crippen LogP contribution in [-0.4, -0.2) is 59.1 Å². The fourth-order valence-corrected chi connectivity index (χ4v) is 5.41. The van der Waals surface area contributed by atoms with Crippen LogP contribution < -0.4 is 4.74 Å². The zero-order valence-corrected chi connectivity index (χ0v) is 21.6. The summed E-state index contributed by atoms with van der Waals surface area (Å²) in [7, 11) is 0. The van der Waals surface area contributed by atoms with E-state index in [4.69, 9.17) is 0 Å². The molecule has 37 heavy (non-hydrogen) atoms. The normalized spacial score (nSPS) is 18.0. The zero-order chi connectivity index (χ0) is 26.7. The van der Waals surface area contributed by atoms with Crippen LogP contribution in [0, 0.1) is 12.8 Å². The molecule has 1 unspecified atom stereocenters. The number of alkyl halides is 3. The first-order valence-electron chi connectivity index (χ1n) is 12.9. The second-order valence-electron chi connectivity index (χ2n) is 9.87. The molecule has 0 N–H and O–H groups in total. The Morgan fingerprint density at radius 3 is 2.43 bits per heavy atom. The molecule has 1 fully saturated rings. The minimum absolute atomic E-state index is 0.0401. The number of hydrogen-bond acceptors (Lipinski definition) is 4. The van der Waals surface area contributed by atoms with Gasteiger partial charge in [-0.3, -0.25) is 14.5 Å². The van der Waals surface area contributed by atoms with Crippen LogP contribution in [0.3, 0.4) is 0 Å². The van der Waals surface area contributed by atoms with E-state index in [2.05, 4.69) is 9.64 Å². The molecule has 6 nitrogen and oxygen atoms in total. The summed E-state index contributed by atoms with van der Waals surface area (Å²) in [6.45, 7) is 10.3. The average Bonchev–Trinajstić information content (AvgIpc) is 3.27. The zero-order valence-electron chi connectivity index (χ0n) is 21.6. The van der Waals surface area contributed by atoms with Crippen LogP contribution in [0.1, 0.15) is 59.3 Å². The van der Waals surface area contributed by atoms with Crippen molar-refractivity contribution >= 4 is 11.8 Å². The first kappa shape index (κ1) is 27.0. The second kappa shape index (κ2) is 11.1. The highest BCUT2D eigenvalue weighted by Gasteiger charge is 2.32. The summed E-state index contributed by atoms with van der Waals surface area (Å²) in [6, 6.07) is 9.82. The lowest BCUT2D eigenvalue weighted by Gasteiger charge is -2.34. The van der Waals surface area contributed by atoms with Crippen molar-refractivity contribution in [3.05, 3.63) is 64.2 Å². The lowest BCUT2D eigenvalue weighted by Crippen LogP contribution is -2.46. The van der Waals surface area contributed by atoms with Crippen molar-refractivity contribution in [2.75, 3.05) is 26.2 Å². The average molecular weight is 518 g/mol. The molecule has 0 bridgehead atoms. The van der Waals surface area contributed by atoms with E-state index in [1.807, 2.05) is 42.7 Å². The molecule has 0 spiro atoms. The van der Waals surface area contributed by atoms with E-state index in [1.165, 1.54) is 17.7 Å². The molecule has 0 aromatic heterocycles. The molecule has 2 aliphatic heterocycles. The van der Waals surface area contributed by atoms with Gasteiger partial charge in [0.25, 0.3) is 5.91 Å². The highest BCUT2D eigenvalue weighted by molar-refractivity contribution is 5.95. The molecule has 0 saturated carbocycles. The molecule has 200 valence electrons. The number of halogens is 3. The lowest BCUT2D eigenvalue weighted by atomic mass is 9.95. The molecule has 2 aromatic rings. The molecule has 1 saturated heterocycles. The number of likely N-dealkylation sites (tertiary alicyclic amines) is 1. The van der Waals surface area contributed by atoms with Gasteiger partial charge in [-0.1, -0.05) is 12.1 Å². The fourth-order valence-electron chi connectivity index (χ4n) is 5.41. The maximum absolute atomic E-state index is 13.4. The summed E-state index contributed by atoms with van der Waals surface area (Å²) in [5, 5.41) is 0. The number of carbonyl (C=O) groups excluding carboxylic acids is 2. The fraction of sp³-hybridized carbons (Fsp3) is 0.500. The molecular formula is C28H34F3N3O3. The van der Waals surface area contributed by atoms with E-state index in [9.17, 15) is 22.8 Å². The Labute approximate surface area is 216 Å². The van der Waals surface area contributed by atoms with Crippen molar-refractivity contribution in [3.8, 4) is 5.75 Å². The molecule has 4 rings (SSSR count). The Morgan fingerprint density at radius 1 is 1.08 bits per heavy atom. The van der Waals surface area contributed by atoms with Crippen molar-refractivity contribution < 1.29 is 27.5 Å². The number of benzene rings is 2. The third-order valence-corrected chi connectivity index (χ3v) is 7.28. The van der Waals surface area contributed by atoms with Crippen LogP contribution in [0.15, 0.2) is 36.4 Å². The SMILES string of the molecule is CCN(CC)C(=O)C1CCCN(C(=O)c2cc(C)c3c(c2)CN(Cc2ccc(OC(F)(F)F)cc2)C3)C1. The summed E-state index contributed by atoms with van der Waals surface area (Å²) in [4.78, 5) is 32.1. The number of nitrogens with zero attached hydrogens (tertiary/aromatic N) is 3. The van der Waals surface area contributed by atoms with E-state index < -0.39 is 6.36 Å². The second-order valence-corrected chi connectivity index (χ2v) is 9.87. The predicted molar refractivity (Wildman–Crippen MR) is 134 cm³/mol. The monoisotopic (exact) mass is 517 g/mol. The summed E-state index contributed by atoms with van der Waals surface area (Å²) < 4.78 is 41.2. The smallest absolute Gasteiger partial charge is 0.406 e. The Bertz CT molecular complexity index is 1130. The molecular weight excluding hydrogens is 483 g/mol. The van der Waals surface area contributed by atoms with Crippen molar-refractivity contribution in [1.82, 2.24) is 14.7 Å². The van der Waals surface area contributed by atoms with Gasteiger partial charge in [0.1, 0.15) is 5.75 Å². The third-order valence-electron chi connectivity index (χ3n) is 7.28. The van der Waals surface area contributed by atoms with Gasteiger partial charge in [0.15, 0.2) is 0 Å². The van der Waals surface area contributed by atoms with Crippen LogP contribution >= 0.6 is 0 Å². The van der Waals surface area contributed by atoms with Crippen molar-refractivity contribution in [3.63, 3.8) is 0 Å². The number of fused-ring (bicyclic) bond motifs is 1. The molecule has 2 heterocycles. The number of amides is 2. The highest BCUT2D eigenvalue weighted by Crippen LogP contribution is 2.30. The summed E-state index contributed by atoms with van der Waals surface area (Å²) in [6.07, 6.45) is -3.09. The molecule has 2 aromatic carbocycles. The van der Waals surface area contributed by atoms with E-state index in [0.717, 1.165) is 29.5 Å². The van der Waals surface area contributed by atoms with Gasteiger partial charge in [0, 0.05) is 51.4 Å². The van der Waals surface area contributed by atoms with Gasteiger partial charge in [-0.25, -0.2) is 0 Å². The van der Waals surface area contributed by atoms with Crippen LogP contribution in [0.2, 0.25) is 0 Å². The molecule has 9 heteroatoms. The van der Waals surface area contributed by atoms with Crippen molar-refractivity contribution in [2.45, 2.75) is 59.6 Å².